The first kappa shape index (κ1) is 14.3. The van der Waals surface area contributed by atoms with Crippen LogP contribution < -0.4 is 5.32 Å². The number of esters is 1. The van der Waals surface area contributed by atoms with E-state index in [0.29, 0.717) is 24.3 Å². The van der Waals surface area contributed by atoms with E-state index in [0.717, 1.165) is 10.2 Å². The number of hydrogen-bond donors (Lipinski definition) is 1. The highest BCUT2D eigenvalue weighted by Gasteiger charge is 2.08. The molecule has 18 heavy (non-hydrogen) atoms. The van der Waals surface area contributed by atoms with E-state index in [9.17, 15) is 4.79 Å². The van der Waals surface area contributed by atoms with Crippen LogP contribution in [0.3, 0.4) is 0 Å². The SMILES string of the molecule is C=C(CNc1ccc(C#N)cc1Br)C(=O)OCC. The van der Waals surface area contributed by atoms with Crippen molar-refractivity contribution < 1.29 is 9.53 Å². The predicted octanol–water partition coefficient (Wildman–Crippen LogP) is 2.85. The molecule has 0 spiro atoms. The lowest BCUT2D eigenvalue weighted by Crippen LogP contribution is -2.14. The van der Waals surface area contributed by atoms with Gasteiger partial charge in [0.15, 0.2) is 0 Å². The zero-order chi connectivity index (χ0) is 13.5. The molecule has 0 fully saturated rings. The molecule has 0 aromatic heterocycles. The Kier molecular flexibility index (Phi) is 5.40. The maximum absolute atomic E-state index is 11.3. The van der Waals surface area contributed by atoms with Crippen molar-refractivity contribution in [2.75, 3.05) is 18.5 Å². The van der Waals surface area contributed by atoms with E-state index in [-0.39, 0.29) is 0 Å². The summed E-state index contributed by atoms with van der Waals surface area (Å²) < 4.78 is 5.59. The van der Waals surface area contributed by atoms with Crippen molar-refractivity contribution in [2.24, 2.45) is 0 Å². The molecule has 0 atom stereocenters. The molecule has 0 saturated heterocycles. The molecule has 1 rings (SSSR count). The van der Waals surface area contributed by atoms with Crippen LogP contribution in [0.2, 0.25) is 0 Å². The molecule has 0 aliphatic rings. The molecule has 5 heteroatoms. The Balaban J connectivity index is 2.62. The van der Waals surface area contributed by atoms with Crippen LogP contribution in [0.1, 0.15) is 12.5 Å². The third kappa shape index (κ3) is 3.90. The van der Waals surface area contributed by atoms with Crippen molar-refractivity contribution in [2.45, 2.75) is 6.92 Å². The monoisotopic (exact) mass is 308 g/mol. The third-order valence-electron chi connectivity index (χ3n) is 2.15. The van der Waals surface area contributed by atoms with Crippen LogP contribution in [0, 0.1) is 11.3 Å². The van der Waals surface area contributed by atoms with Gasteiger partial charge in [-0.2, -0.15) is 5.26 Å². The Labute approximate surface area is 114 Å². The maximum Gasteiger partial charge on any atom is 0.335 e. The van der Waals surface area contributed by atoms with E-state index in [1.54, 1.807) is 25.1 Å². The molecule has 1 N–H and O–H groups in total. The molecule has 0 aliphatic carbocycles. The molecular formula is C13H13BrN2O2. The van der Waals surface area contributed by atoms with Crippen molar-refractivity contribution in [3.8, 4) is 6.07 Å². The summed E-state index contributed by atoms with van der Waals surface area (Å²) in [5, 5.41) is 11.8. The third-order valence-corrected chi connectivity index (χ3v) is 2.81. The number of nitriles is 1. The first-order chi connectivity index (χ1) is 8.58. The van der Waals surface area contributed by atoms with Gasteiger partial charge in [0.2, 0.25) is 0 Å². The van der Waals surface area contributed by atoms with Gasteiger partial charge in [-0.15, -0.1) is 0 Å². The van der Waals surface area contributed by atoms with Crippen LogP contribution in [0.4, 0.5) is 5.69 Å². The number of anilines is 1. The highest BCUT2D eigenvalue weighted by molar-refractivity contribution is 9.10. The number of carbonyl (C=O) groups is 1. The normalized spacial score (nSPS) is 9.39. The molecule has 94 valence electrons. The van der Waals surface area contributed by atoms with Crippen molar-refractivity contribution in [3.63, 3.8) is 0 Å². The second-order valence-electron chi connectivity index (χ2n) is 3.48. The van der Waals surface area contributed by atoms with Gasteiger partial charge in [0.25, 0.3) is 0 Å². The highest BCUT2D eigenvalue weighted by Crippen LogP contribution is 2.23. The predicted molar refractivity (Wildman–Crippen MR) is 73.1 cm³/mol. The molecule has 0 bridgehead atoms. The van der Waals surface area contributed by atoms with Crippen LogP contribution in [0.15, 0.2) is 34.8 Å². The van der Waals surface area contributed by atoms with E-state index < -0.39 is 5.97 Å². The van der Waals surface area contributed by atoms with Gasteiger partial charge in [-0.1, -0.05) is 6.58 Å². The minimum Gasteiger partial charge on any atom is -0.463 e. The van der Waals surface area contributed by atoms with E-state index in [1.807, 2.05) is 6.07 Å². The highest BCUT2D eigenvalue weighted by atomic mass is 79.9. The summed E-state index contributed by atoms with van der Waals surface area (Å²) in [7, 11) is 0. The lowest BCUT2D eigenvalue weighted by atomic mass is 10.2. The number of benzene rings is 1. The van der Waals surface area contributed by atoms with Crippen molar-refractivity contribution >= 4 is 27.6 Å². The number of halogens is 1. The van der Waals surface area contributed by atoms with Crippen molar-refractivity contribution in [3.05, 3.63) is 40.4 Å². The lowest BCUT2D eigenvalue weighted by Gasteiger charge is -2.10. The minimum absolute atomic E-state index is 0.295. The van der Waals surface area contributed by atoms with E-state index in [4.69, 9.17) is 10.00 Å². The fourth-order valence-electron chi connectivity index (χ4n) is 1.24. The number of hydrogen-bond acceptors (Lipinski definition) is 4. The Morgan fingerprint density at radius 2 is 2.33 bits per heavy atom. The quantitative estimate of drug-likeness (QED) is 0.671. The van der Waals surface area contributed by atoms with Crippen LogP contribution in [0.5, 0.6) is 0 Å². The number of ether oxygens (including phenoxy) is 1. The average Bonchev–Trinajstić information content (AvgIpc) is 2.37. The molecule has 0 heterocycles. The average molecular weight is 309 g/mol. The van der Waals surface area contributed by atoms with E-state index in [2.05, 4.69) is 27.8 Å². The fraction of sp³-hybridized carbons (Fsp3) is 0.231. The summed E-state index contributed by atoms with van der Waals surface area (Å²) in [6.07, 6.45) is 0. The standard InChI is InChI=1S/C13H13BrN2O2/c1-3-18-13(17)9(2)8-16-12-5-4-10(7-15)6-11(12)14/h4-6,16H,2-3,8H2,1H3. The number of carbonyl (C=O) groups excluding carboxylic acids is 1. The topological polar surface area (TPSA) is 62.1 Å². The summed E-state index contributed by atoms with van der Waals surface area (Å²) in [5.74, 6) is -0.408. The zero-order valence-corrected chi connectivity index (χ0v) is 11.6. The van der Waals surface area contributed by atoms with Gasteiger partial charge in [-0.05, 0) is 41.1 Å². The van der Waals surface area contributed by atoms with Crippen molar-refractivity contribution in [1.29, 1.82) is 5.26 Å². The van der Waals surface area contributed by atoms with Crippen molar-refractivity contribution in [1.82, 2.24) is 0 Å². The molecule has 1 aromatic rings. The number of nitrogens with zero attached hydrogens (tertiary/aromatic N) is 1. The summed E-state index contributed by atoms with van der Waals surface area (Å²) >= 11 is 3.35. The van der Waals surface area contributed by atoms with Gasteiger partial charge < -0.3 is 10.1 Å². The number of nitrogens with one attached hydrogen (secondary N) is 1. The molecular weight excluding hydrogens is 296 g/mol. The van der Waals surface area contributed by atoms with Crippen LogP contribution in [-0.2, 0) is 9.53 Å². The molecule has 1 aromatic carbocycles. The first-order valence-electron chi connectivity index (χ1n) is 5.37. The Bertz CT molecular complexity index is 506. The molecule has 0 unspecified atom stereocenters. The smallest absolute Gasteiger partial charge is 0.335 e. The first-order valence-corrected chi connectivity index (χ1v) is 6.16. The second-order valence-corrected chi connectivity index (χ2v) is 4.34. The number of rotatable bonds is 5. The maximum atomic E-state index is 11.3. The van der Waals surface area contributed by atoms with E-state index >= 15 is 0 Å². The van der Waals surface area contributed by atoms with Gasteiger partial charge in [-0.25, -0.2) is 4.79 Å². The Morgan fingerprint density at radius 3 is 2.89 bits per heavy atom. The van der Waals surface area contributed by atoms with Gasteiger partial charge in [0.05, 0.1) is 18.2 Å². The van der Waals surface area contributed by atoms with Crippen LogP contribution >= 0.6 is 15.9 Å². The molecule has 4 nitrogen and oxygen atoms in total. The zero-order valence-electron chi connectivity index (χ0n) is 10.00. The molecule has 0 radical (unpaired) electrons. The van der Waals surface area contributed by atoms with Crippen LogP contribution in [0.25, 0.3) is 0 Å². The summed E-state index contributed by atoms with van der Waals surface area (Å²) in [6, 6.07) is 7.21. The summed E-state index contributed by atoms with van der Waals surface area (Å²) in [6.45, 7) is 6.02. The van der Waals surface area contributed by atoms with E-state index in [1.165, 1.54) is 0 Å². The van der Waals surface area contributed by atoms with Gasteiger partial charge in [0.1, 0.15) is 0 Å². The summed E-state index contributed by atoms with van der Waals surface area (Å²) in [4.78, 5) is 11.3. The van der Waals surface area contributed by atoms with Gasteiger partial charge in [0, 0.05) is 22.3 Å². The molecule has 0 saturated carbocycles. The van der Waals surface area contributed by atoms with Crippen LogP contribution in [-0.4, -0.2) is 19.1 Å². The Morgan fingerprint density at radius 1 is 1.61 bits per heavy atom. The Hall–Kier alpha value is -1.80. The molecule has 0 amide bonds. The largest absolute Gasteiger partial charge is 0.463 e. The molecule has 0 aliphatic heterocycles. The summed E-state index contributed by atoms with van der Waals surface area (Å²) in [5.41, 5.74) is 1.71. The lowest BCUT2D eigenvalue weighted by molar-refractivity contribution is -0.138. The minimum atomic E-state index is -0.408. The van der Waals surface area contributed by atoms with Gasteiger partial charge in [-0.3, -0.25) is 0 Å². The van der Waals surface area contributed by atoms with Gasteiger partial charge >= 0.3 is 5.97 Å². The fourth-order valence-corrected chi connectivity index (χ4v) is 1.75. The second kappa shape index (κ2) is 6.82.